The van der Waals surface area contributed by atoms with Crippen LogP contribution in [0.25, 0.3) is 5.69 Å². The molecule has 0 aliphatic carbocycles. The van der Waals surface area contributed by atoms with Crippen LogP contribution in [0.5, 0.6) is 5.75 Å². The molecule has 1 aromatic carbocycles. The molecule has 5 nitrogen and oxygen atoms in total. The van der Waals surface area contributed by atoms with Gasteiger partial charge in [-0.15, -0.1) is 0 Å². The third kappa shape index (κ3) is 2.93. The average Bonchev–Trinajstić information content (AvgIpc) is 2.83. The van der Waals surface area contributed by atoms with Crippen LogP contribution in [0, 0.1) is 0 Å². The minimum absolute atomic E-state index is 0.307. The molecule has 1 aromatic heterocycles. The number of nitrogens with zero attached hydrogens (tertiary/aromatic N) is 3. The van der Waals surface area contributed by atoms with Crippen molar-refractivity contribution in [2.75, 3.05) is 13.7 Å². The molecule has 2 aromatic rings. The predicted octanol–water partition coefficient (Wildman–Crippen LogP) is 1.90. The van der Waals surface area contributed by atoms with Gasteiger partial charge in [0.1, 0.15) is 11.6 Å². The normalized spacial score (nSPS) is 11.0. The summed E-state index contributed by atoms with van der Waals surface area (Å²) < 4.78 is 7.05. The van der Waals surface area contributed by atoms with Crippen LogP contribution >= 0.6 is 0 Å². The number of ether oxygens (including phenoxy) is 1. The molecular formula is C14H20N4O. The Hall–Kier alpha value is -1.88. The lowest BCUT2D eigenvalue weighted by Crippen LogP contribution is -2.05. The molecule has 0 fully saturated rings. The Morgan fingerprint density at radius 1 is 1.26 bits per heavy atom. The number of rotatable bonds is 5. The van der Waals surface area contributed by atoms with Crippen molar-refractivity contribution < 1.29 is 4.74 Å². The van der Waals surface area contributed by atoms with Gasteiger partial charge in [-0.25, -0.2) is 9.67 Å². The van der Waals surface area contributed by atoms with Gasteiger partial charge in [-0.3, -0.25) is 0 Å². The average molecular weight is 260 g/mol. The molecule has 0 radical (unpaired) electrons. The van der Waals surface area contributed by atoms with Gasteiger partial charge in [0.25, 0.3) is 0 Å². The lowest BCUT2D eigenvalue weighted by atomic mass is 10.2. The molecule has 0 aliphatic heterocycles. The second-order valence-electron chi connectivity index (χ2n) is 4.69. The van der Waals surface area contributed by atoms with E-state index < -0.39 is 0 Å². The third-order valence-corrected chi connectivity index (χ3v) is 2.88. The summed E-state index contributed by atoms with van der Waals surface area (Å²) in [5, 5.41) is 4.53. The van der Waals surface area contributed by atoms with Gasteiger partial charge in [0.2, 0.25) is 0 Å². The molecule has 0 saturated carbocycles. The monoisotopic (exact) mass is 260 g/mol. The Morgan fingerprint density at radius 2 is 1.95 bits per heavy atom. The van der Waals surface area contributed by atoms with Gasteiger partial charge >= 0.3 is 0 Å². The topological polar surface area (TPSA) is 66.0 Å². The van der Waals surface area contributed by atoms with Gasteiger partial charge in [0, 0.05) is 12.3 Å². The van der Waals surface area contributed by atoms with E-state index in [0.29, 0.717) is 18.9 Å². The summed E-state index contributed by atoms with van der Waals surface area (Å²) in [6.45, 7) is 4.77. The fraction of sp³-hybridized carbons (Fsp3) is 0.429. The summed E-state index contributed by atoms with van der Waals surface area (Å²) in [5.41, 5.74) is 6.55. The van der Waals surface area contributed by atoms with Crippen LogP contribution in [0.15, 0.2) is 24.3 Å². The maximum Gasteiger partial charge on any atom is 0.152 e. The lowest BCUT2D eigenvalue weighted by molar-refractivity contribution is 0.414. The highest BCUT2D eigenvalue weighted by Gasteiger charge is 2.14. The zero-order chi connectivity index (χ0) is 13.8. The largest absolute Gasteiger partial charge is 0.497 e. The Morgan fingerprint density at radius 3 is 2.47 bits per heavy atom. The molecule has 0 bridgehead atoms. The molecule has 0 aliphatic rings. The van der Waals surface area contributed by atoms with Crippen LogP contribution in [0.3, 0.4) is 0 Å². The molecule has 19 heavy (non-hydrogen) atoms. The Kier molecular flexibility index (Phi) is 4.16. The highest BCUT2D eigenvalue weighted by molar-refractivity contribution is 5.37. The minimum atomic E-state index is 0.307. The fourth-order valence-electron chi connectivity index (χ4n) is 1.89. The zero-order valence-corrected chi connectivity index (χ0v) is 11.6. The number of methoxy groups -OCH3 is 1. The minimum Gasteiger partial charge on any atom is -0.497 e. The van der Waals surface area contributed by atoms with E-state index in [0.717, 1.165) is 23.1 Å². The summed E-state index contributed by atoms with van der Waals surface area (Å²) in [6, 6.07) is 7.80. The van der Waals surface area contributed by atoms with Gasteiger partial charge in [-0.1, -0.05) is 13.8 Å². The Bertz CT molecular complexity index is 531. The van der Waals surface area contributed by atoms with Gasteiger partial charge in [0.15, 0.2) is 5.82 Å². The molecule has 2 rings (SSSR count). The van der Waals surface area contributed by atoms with Crippen LogP contribution in [-0.2, 0) is 6.42 Å². The van der Waals surface area contributed by atoms with Crippen molar-refractivity contribution in [2.24, 2.45) is 5.73 Å². The molecule has 1 heterocycles. The summed E-state index contributed by atoms with van der Waals surface area (Å²) in [6.07, 6.45) is 0.697. The van der Waals surface area contributed by atoms with E-state index in [1.807, 2.05) is 28.9 Å². The molecule has 0 unspecified atom stereocenters. The molecule has 5 heteroatoms. The first kappa shape index (κ1) is 13.5. The van der Waals surface area contributed by atoms with Crippen molar-refractivity contribution >= 4 is 0 Å². The molecule has 0 amide bonds. The van der Waals surface area contributed by atoms with Crippen LogP contribution in [0.1, 0.15) is 31.4 Å². The number of benzene rings is 1. The summed E-state index contributed by atoms with van der Waals surface area (Å²) in [5.74, 6) is 2.88. The van der Waals surface area contributed by atoms with Crippen molar-refractivity contribution in [3.63, 3.8) is 0 Å². The predicted molar refractivity (Wildman–Crippen MR) is 74.8 cm³/mol. The Labute approximate surface area is 113 Å². The zero-order valence-electron chi connectivity index (χ0n) is 11.6. The first-order chi connectivity index (χ1) is 9.15. The maximum atomic E-state index is 5.57. The van der Waals surface area contributed by atoms with Crippen molar-refractivity contribution in [1.82, 2.24) is 14.8 Å². The maximum absolute atomic E-state index is 5.57. The molecular weight excluding hydrogens is 240 g/mol. The van der Waals surface area contributed by atoms with E-state index in [2.05, 4.69) is 23.9 Å². The number of hydrogen-bond acceptors (Lipinski definition) is 4. The van der Waals surface area contributed by atoms with Crippen LogP contribution < -0.4 is 10.5 Å². The molecule has 0 spiro atoms. The second-order valence-corrected chi connectivity index (χ2v) is 4.69. The highest BCUT2D eigenvalue weighted by Crippen LogP contribution is 2.19. The quantitative estimate of drug-likeness (QED) is 0.891. The second kappa shape index (κ2) is 5.84. The van der Waals surface area contributed by atoms with Crippen molar-refractivity contribution in [1.29, 1.82) is 0 Å². The van der Waals surface area contributed by atoms with Crippen LogP contribution in [0.2, 0.25) is 0 Å². The molecule has 0 saturated heterocycles. The van der Waals surface area contributed by atoms with Crippen molar-refractivity contribution in [3.05, 3.63) is 35.9 Å². The molecule has 0 atom stereocenters. The highest BCUT2D eigenvalue weighted by atomic mass is 16.5. The molecule has 2 N–H and O–H groups in total. The first-order valence-corrected chi connectivity index (χ1v) is 6.46. The summed E-state index contributed by atoms with van der Waals surface area (Å²) >= 11 is 0. The van der Waals surface area contributed by atoms with Gasteiger partial charge in [-0.2, -0.15) is 5.10 Å². The summed E-state index contributed by atoms with van der Waals surface area (Å²) in [7, 11) is 1.66. The van der Waals surface area contributed by atoms with Crippen molar-refractivity contribution in [2.45, 2.75) is 26.2 Å². The van der Waals surface area contributed by atoms with Gasteiger partial charge in [0.05, 0.1) is 12.8 Å². The van der Waals surface area contributed by atoms with E-state index in [9.17, 15) is 0 Å². The smallest absolute Gasteiger partial charge is 0.152 e. The van der Waals surface area contributed by atoms with E-state index >= 15 is 0 Å². The number of aromatic nitrogens is 3. The first-order valence-electron chi connectivity index (χ1n) is 6.46. The van der Waals surface area contributed by atoms with E-state index in [4.69, 9.17) is 10.5 Å². The fourth-order valence-corrected chi connectivity index (χ4v) is 1.89. The number of hydrogen-bond donors (Lipinski definition) is 1. The van der Waals surface area contributed by atoms with Crippen LogP contribution in [0.4, 0.5) is 0 Å². The SMILES string of the molecule is COc1ccc(-n2nc(CCN)nc2C(C)C)cc1. The van der Waals surface area contributed by atoms with Crippen LogP contribution in [-0.4, -0.2) is 28.4 Å². The number of nitrogens with two attached hydrogens (primary N) is 1. The molecule has 102 valence electrons. The van der Waals surface area contributed by atoms with E-state index in [-0.39, 0.29) is 0 Å². The third-order valence-electron chi connectivity index (χ3n) is 2.88. The van der Waals surface area contributed by atoms with Gasteiger partial charge < -0.3 is 10.5 Å². The Balaban J connectivity index is 2.40. The van der Waals surface area contributed by atoms with Gasteiger partial charge in [-0.05, 0) is 30.8 Å². The summed E-state index contributed by atoms with van der Waals surface area (Å²) in [4.78, 5) is 4.56. The van der Waals surface area contributed by atoms with E-state index in [1.165, 1.54) is 0 Å². The standard InChI is InChI=1S/C14H20N4O/c1-10(2)14-16-13(8-9-15)17-18(14)11-4-6-12(19-3)7-5-11/h4-7,10H,8-9,15H2,1-3H3. The lowest BCUT2D eigenvalue weighted by Gasteiger charge is -2.08. The van der Waals surface area contributed by atoms with Crippen molar-refractivity contribution in [3.8, 4) is 11.4 Å². The van der Waals surface area contributed by atoms with E-state index in [1.54, 1.807) is 7.11 Å².